The summed E-state index contributed by atoms with van der Waals surface area (Å²) in [5.41, 5.74) is 1.22. The largest absolute Gasteiger partial charge is 0.354 e. The van der Waals surface area contributed by atoms with Gasteiger partial charge < -0.3 is 5.32 Å². The Kier molecular flexibility index (Phi) is 4.04. The van der Waals surface area contributed by atoms with Gasteiger partial charge in [0.25, 0.3) is 0 Å². The van der Waals surface area contributed by atoms with Gasteiger partial charge in [-0.25, -0.2) is 18.7 Å². The molecule has 0 saturated heterocycles. The molecular formula is C14H15F2N3. The number of nitrogens with one attached hydrogen (secondary N) is 1. The maximum absolute atomic E-state index is 13.7. The topological polar surface area (TPSA) is 37.8 Å². The van der Waals surface area contributed by atoms with Crippen LogP contribution in [0.5, 0.6) is 0 Å². The Labute approximate surface area is 110 Å². The van der Waals surface area contributed by atoms with Gasteiger partial charge in [-0.1, -0.05) is 6.92 Å². The molecule has 19 heavy (non-hydrogen) atoms. The first-order valence-corrected chi connectivity index (χ1v) is 6.15. The summed E-state index contributed by atoms with van der Waals surface area (Å²) in [6, 6.07) is 4.96. The van der Waals surface area contributed by atoms with Gasteiger partial charge in [-0.2, -0.15) is 0 Å². The number of aromatic nitrogens is 2. The van der Waals surface area contributed by atoms with Crippen molar-refractivity contribution in [3.63, 3.8) is 0 Å². The highest BCUT2D eigenvalue weighted by atomic mass is 19.1. The zero-order valence-electron chi connectivity index (χ0n) is 10.9. The molecule has 0 spiro atoms. The minimum absolute atomic E-state index is 0.144. The fourth-order valence-corrected chi connectivity index (χ4v) is 1.72. The van der Waals surface area contributed by atoms with E-state index in [0.29, 0.717) is 17.3 Å². The van der Waals surface area contributed by atoms with Crippen LogP contribution < -0.4 is 5.32 Å². The van der Waals surface area contributed by atoms with E-state index < -0.39 is 11.6 Å². The van der Waals surface area contributed by atoms with E-state index in [-0.39, 0.29) is 5.56 Å². The van der Waals surface area contributed by atoms with E-state index in [2.05, 4.69) is 15.3 Å². The molecule has 5 heteroatoms. The molecule has 0 aliphatic carbocycles. The summed E-state index contributed by atoms with van der Waals surface area (Å²) in [6.07, 6.45) is 0.932. The summed E-state index contributed by atoms with van der Waals surface area (Å²) in [6.45, 7) is 4.55. The van der Waals surface area contributed by atoms with Gasteiger partial charge in [0, 0.05) is 17.8 Å². The molecule has 0 amide bonds. The number of rotatable bonds is 4. The molecule has 2 aromatic rings. The Morgan fingerprint density at radius 1 is 1.16 bits per heavy atom. The first kappa shape index (κ1) is 13.4. The standard InChI is InChI=1S/C14H15F2N3/c1-3-6-17-14-18-9(2)7-13(19-14)11-8-10(15)4-5-12(11)16/h4-5,7-8H,3,6H2,1-2H3,(H,17,18,19). The van der Waals surface area contributed by atoms with Gasteiger partial charge in [0.2, 0.25) is 5.95 Å². The Hall–Kier alpha value is -2.04. The second-order valence-corrected chi connectivity index (χ2v) is 4.27. The number of nitrogens with zero attached hydrogens (tertiary/aromatic N) is 2. The summed E-state index contributed by atoms with van der Waals surface area (Å²) in [5.74, 6) is -0.558. The van der Waals surface area contributed by atoms with Crippen molar-refractivity contribution in [2.75, 3.05) is 11.9 Å². The zero-order valence-corrected chi connectivity index (χ0v) is 10.9. The second kappa shape index (κ2) is 5.73. The van der Waals surface area contributed by atoms with Crippen LogP contribution in [0, 0.1) is 18.6 Å². The molecule has 3 nitrogen and oxygen atoms in total. The SMILES string of the molecule is CCCNc1nc(C)cc(-c2cc(F)ccc2F)n1. The van der Waals surface area contributed by atoms with E-state index in [4.69, 9.17) is 0 Å². The van der Waals surface area contributed by atoms with E-state index in [1.54, 1.807) is 13.0 Å². The molecule has 0 saturated carbocycles. The molecule has 1 heterocycles. The molecule has 1 aromatic heterocycles. The van der Waals surface area contributed by atoms with Crippen molar-refractivity contribution >= 4 is 5.95 Å². The van der Waals surface area contributed by atoms with Gasteiger partial charge in [-0.15, -0.1) is 0 Å². The lowest BCUT2D eigenvalue weighted by Gasteiger charge is -2.08. The number of halogens is 2. The van der Waals surface area contributed by atoms with Crippen LogP contribution in [0.15, 0.2) is 24.3 Å². The fourth-order valence-electron chi connectivity index (χ4n) is 1.72. The highest BCUT2D eigenvalue weighted by Crippen LogP contribution is 2.23. The molecule has 0 atom stereocenters. The Bertz CT molecular complexity index is 585. The van der Waals surface area contributed by atoms with Gasteiger partial charge in [-0.05, 0) is 37.6 Å². The summed E-state index contributed by atoms with van der Waals surface area (Å²) in [5, 5.41) is 3.04. The molecule has 0 aliphatic heterocycles. The van der Waals surface area contributed by atoms with E-state index in [9.17, 15) is 8.78 Å². The maximum Gasteiger partial charge on any atom is 0.223 e. The lowest BCUT2D eigenvalue weighted by Crippen LogP contribution is -2.06. The molecule has 0 bridgehead atoms. The van der Waals surface area contributed by atoms with Gasteiger partial charge in [0.05, 0.1) is 5.69 Å². The summed E-state index contributed by atoms with van der Waals surface area (Å²) < 4.78 is 26.9. The quantitative estimate of drug-likeness (QED) is 0.916. The predicted molar refractivity (Wildman–Crippen MR) is 70.9 cm³/mol. The molecule has 1 N–H and O–H groups in total. The highest BCUT2D eigenvalue weighted by Gasteiger charge is 2.10. The first-order valence-electron chi connectivity index (χ1n) is 6.15. The smallest absolute Gasteiger partial charge is 0.223 e. The zero-order chi connectivity index (χ0) is 13.8. The molecule has 1 aromatic carbocycles. The fraction of sp³-hybridized carbons (Fsp3) is 0.286. The van der Waals surface area contributed by atoms with Crippen LogP contribution in [0.4, 0.5) is 14.7 Å². The average Bonchev–Trinajstić information content (AvgIpc) is 2.38. The number of anilines is 1. The third-order valence-electron chi connectivity index (χ3n) is 2.59. The van der Waals surface area contributed by atoms with Gasteiger partial charge in [0.1, 0.15) is 11.6 Å². The number of hydrogen-bond donors (Lipinski definition) is 1. The molecule has 0 unspecified atom stereocenters. The van der Waals surface area contributed by atoms with Crippen LogP contribution in [0.2, 0.25) is 0 Å². The predicted octanol–water partition coefficient (Wildman–Crippen LogP) is 3.55. The normalized spacial score (nSPS) is 10.5. The lowest BCUT2D eigenvalue weighted by atomic mass is 10.1. The van der Waals surface area contributed by atoms with Gasteiger partial charge in [0.15, 0.2) is 0 Å². The number of hydrogen-bond acceptors (Lipinski definition) is 3. The van der Waals surface area contributed by atoms with Crippen LogP contribution in [0.25, 0.3) is 11.3 Å². The van der Waals surface area contributed by atoms with Crippen LogP contribution in [0.3, 0.4) is 0 Å². The van der Waals surface area contributed by atoms with E-state index in [1.165, 1.54) is 0 Å². The van der Waals surface area contributed by atoms with Gasteiger partial charge >= 0.3 is 0 Å². The molecule has 2 rings (SSSR count). The van der Waals surface area contributed by atoms with Crippen molar-refractivity contribution in [3.05, 3.63) is 41.6 Å². The van der Waals surface area contributed by atoms with Crippen LogP contribution >= 0.6 is 0 Å². The molecular weight excluding hydrogens is 248 g/mol. The number of benzene rings is 1. The van der Waals surface area contributed by atoms with Crippen molar-refractivity contribution in [1.82, 2.24) is 9.97 Å². The maximum atomic E-state index is 13.7. The third kappa shape index (κ3) is 3.24. The third-order valence-corrected chi connectivity index (χ3v) is 2.59. The van der Waals surface area contributed by atoms with Crippen molar-refractivity contribution in [1.29, 1.82) is 0 Å². The average molecular weight is 263 g/mol. The Morgan fingerprint density at radius 3 is 2.68 bits per heavy atom. The summed E-state index contributed by atoms with van der Waals surface area (Å²) >= 11 is 0. The Morgan fingerprint density at radius 2 is 1.95 bits per heavy atom. The van der Waals surface area contributed by atoms with Crippen LogP contribution in [-0.2, 0) is 0 Å². The van der Waals surface area contributed by atoms with Crippen LogP contribution in [-0.4, -0.2) is 16.5 Å². The van der Waals surface area contributed by atoms with E-state index in [1.807, 2.05) is 6.92 Å². The minimum Gasteiger partial charge on any atom is -0.354 e. The molecule has 100 valence electrons. The highest BCUT2D eigenvalue weighted by molar-refractivity contribution is 5.61. The second-order valence-electron chi connectivity index (χ2n) is 4.27. The molecule has 0 aliphatic rings. The van der Waals surface area contributed by atoms with E-state index >= 15 is 0 Å². The summed E-state index contributed by atoms with van der Waals surface area (Å²) in [7, 11) is 0. The van der Waals surface area contributed by atoms with Crippen molar-refractivity contribution in [3.8, 4) is 11.3 Å². The minimum atomic E-state index is -0.499. The van der Waals surface area contributed by atoms with E-state index in [0.717, 1.165) is 31.2 Å². The van der Waals surface area contributed by atoms with Crippen molar-refractivity contribution in [2.45, 2.75) is 20.3 Å². The van der Waals surface area contributed by atoms with Crippen molar-refractivity contribution in [2.24, 2.45) is 0 Å². The van der Waals surface area contributed by atoms with Crippen molar-refractivity contribution < 1.29 is 8.78 Å². The monoisotopic (exact) mass is 263 g/mol. The summed E-state index contributed by atoms with van der Waals surface area (Å²) in [4.78, 5) is 8.42. The Balaban J connectivity index is 2.43. The lowest BCUT2D eigenvalue weighted by molar-refractivity contribution is 0.602. The molecule has 0 fully saturated rings. The first-order chi connectivity index (χ1) is 9.10. The van der Waals surface area contributed by atoms with Gasteiger partial charge in [-0.3, -0.25) is 0 Å². The molecule has 0 radical (unpaired) electrons. The van der Waals surface area contributed by atoms with Crippen LogP contribution in [0.1, 0.15) is 19.0 Å². The number of aryl methyl sites for hydroxylation is 1.